The third-order valence-corrected chi connectivity index (χ3v) is 20.7. The van der Waals surface area contributed by atoms with Gasteiger partial charge in [0.05, 0.1) is 58.5 Å². The fraction of sp³-hybridized carbons (Fsp3) is 0.922. The molecule has 0 radical (unpaired) electrons. The minimum absolute atomic E-state index is 0.757. The number of carbonyl (C=O) groups is 5. The third-order valence-electron chi connectivity index (χ3n) is 20.7. The van der Waals surface area contributed by atoms with E-state index in [0.717, 1.165) is 34.6 Å². The average Bonchev–Trinajstić information content (AvgIpc) is 0.771. The first-order valence-corrected chi connectivity index (χ1v) is 36.3. The molecule has 5 amide bonds. The zero-order valence-corrected chi connectivity index (χ0v) is 61.8. The van der Waals surface area contributed by atoms with Gasteiger partial charge in [0.15, 0.2) is 56.6 Å². The molecule has 9 rings (SSSR count). The van der Waals surface area contributed by atoms with Crippen LogP contribution in [-0.4, -0.2) is 464 Å². The van der Waals surface area contributed by atoms with E-state index in [4.69, 9.17) is 80.5 Å². The second-order valence-corrected chi connectivity index (χ2v) is 28.9. The predicted octanol–water partition coefficient (Wildman–Crippen LogP) is -17.9. The number of aliphatic hydroxyl groups is 22. The van der Waals surface area contributed by atoms with E-state index in [0.29, 0.717) is 0 Å². The second-order valence-electron chi connectivity index (χ2n) is 28.9. The largest absolute Gasteiger partial charge is 0.394 e. The average molecular weight is 1650 g/mol. The van der Waals surface area contributed by atoms with Gasteiger partial charge >= 0.3 is 0 Å². The molecule has 0 bridgehead atoms. The lowest BCUT2D eigenvalue weighted by molar-refractivity contribution is -0.393. The molecule has 1 unspecified atom stereocenters. The van der Waals surface area contributed by atoms with Crippen LogP contribution >= 0.6 is 0 Å². The van der Waals surface area contributed by atoms with Crippen LogP contribution in [0.5, 0.6) is 0 Å². The van der Waals surface area contributed by atoms with Crippen molar-refractivity contribution in [1.82, 2.24) is 26.6 Å². The molecule has 0 saturated carbocycles. The molecule has 652 valence electrons. The van der Waals surface area contributed by atoms with E-state index in [1.54, 1.807) is 0 Å². The summed E-state index contributed by atoms with van der Waals surface area (Å²) in [6.45, 7) is 0.470. The van der Waals surface area contributed by atoms with Crippen LogP contribution in [0.3, 0.4) is 0 Å². The highest BCUT2D eigenvalue weighted by atomic mass is 16.8. The van der Waals surface area contributed by atoms with Crippen LogP contribution in [0.2, 0.25) is 0 Å². The van der Waals surface area contributed by atoms with Crippen molar-refractivity contribution in [3.05, 3.63) is 0 Å². The topological polar surface area (TPSA) is 747 Å². The Bertz CT molecular complexity index is 3060. The molecule has 9 aliphatic rings. The van der Waals surface area contributed by atoms with Crippen LogP contribution in [0.1, 0.15) is 48.5 Å². The van der Waals surface area contributed by atoms with Crippen molar-refractivity contribution in [3.8, 4) is 0 Å². The first kappa shape index (κ1) is 92.7. The van der Waals surface area contributed by atoms with E-state index in [2.05, 4.69) is 26.6 Å². The monoisotopic (exact) mass is 1650 g/mol. The molecule has 0 aromatic carbocycles. The summed E-state index contributed by atoms with van der Waals surface area (Å²) in [4.78, 5) is 63.3. The van der Waals surface area contributed by atoms with Crippen LogP contribution < -0.4 is 26.6 Å². The van der Waals surface area contributed by atoms with Gasteiger partial charge in [-0.3, -0.25) is 24.0 Å². The van der Waals surface area contributed by atoms with Crippen molar-refractivity contribution in [1.29, 1.82) is 0 Å². The van der Waals surface area contributed by atoms with Crippen LogP contribution in [0, 0.1) is 0 Å². The molecule has 9 saturated heterocycles. The zero-order valence-electron chi connectivity index (χ0n) is 61.8. The van der Waals surface area contributed by atoms with Gasteiger partial charge in [0, 0.05) is 34.6 Å². The van der Waals surface area contributed by atoms with Crippen LogP contribution in [0.4, 0.5) is 0 Å². The number of amides is 5. The molecule has 9 heterocycles. The Morgan fingerprint density at radius 2 is 0.522 bits per heavy atom. The van der Waals surface area contributed by atoms with Gasteiger partial charge < -0.3 is 219 Å². The third kappa shape index (κ3) is 20.8. The van der Waals surface area contributed by atoms with Crippen molar-refractivity contribution in [3.63, 3.8) is 0 Å². The lowest BCUT2D eigenvalue weighted by Gasteiger charge is -2.51. The van der Waals surface area contributed by atoms with Crippen molar-refractivity contribution in [2.75, 3.05) is 46.2 Å². The molecule has 9 fully saturated rings. The quantitative estimate of drug-likeness (QED) is 0.0346. The van der Waals surface area contributed by atoms with E-state index in [-0.39, 0.29) is 0 Å². The predicted molar refractivity (Wildman–Crippen MR) is 352 cm³/mol. The smallest absolute Gasteiger partial charge is 0.217 e. The van der Waals surface area contributed by atoms with Gasteiger partial charge in [-0.15, -0.1) is 0 Å². The molecule has 9 aliphatic heterocycles. The molecule has 113 heavy (non-hydrogen) atoms. The maximum absolute atomic E-state index is 13.1. The summed E-state index contributed by atoms with van der Waals surface area (Å²) in [5.74, 6) is -4.23. The van der Waals surface area contributed by atoms with Crippen LogP contribution in [0.15, 0.2) is 0 Å². The Kier molecular flexibility index (Phi) is 33.0. The molecule has 45 atom stereocenters. The summed E-state index contributed by atoms with van der Waals surface area (Å²) in [7, 11) is 0. The first-order valence-electron chi connectivity index (χ1n) is 36.3. The SMILES string of the molecule is CC(=O)N[C@H]1[C@H](OC[C@H]2OC(O)[C@H](NC(C)=O)[C@@H](O[C@@H]3O[C@H](CO)[C@@H](O[C@@H]4O[C@H](CO)[C@H](O)[C@H](O)[C@H]4O[C@@H]4O[C@@H](C)[C@@H](O)[C@@H](O[C@H]5O[C@H](CO)[C@H](O)[C@H](O)[C@H]5NC(C)=O)[C@@H]4O)[C@H](O)[C@H]3NC(C)=O)[C@H]2O)O[C@H](CO)[C@@H](O[C@@H]2O[C@H](CO)[C@H](O)[C@H](O)[C@H]2O[C@@H]2O[C@@H](C)[C@@H](O)[C@@H](O[C@H]3O[C@H](CO)[C@H](O)[C@H](O)[C@H]3NC(C)=O)[C@@H]2O)[C@@H]1O. The van der Waals surface area contributed by atoms with Crippen molar-refractivity contribution < 1.29 is 217 Å². The van der Waals surface area contributed by atoms with Crippen LogP contribution in [-0.2, 0) is 104 Å². The standard InChI is InChI=1S/C64H107N5O44/c1-15-34(81)52(110-58-29(65-17(3)76)41(88)36(83)22(8-70)101-58)47(94)61(98-15)112-54-45(92)38(85)24(10-72)103-63(54)107-49-26(12-74)105-57(31(43(49)90)67-19(5)78)97-14-28-40(87)51(33(56(96)100-28)69-21(7)80)109-60-32(68-20(6)79)44(91)50(27(13-75)106-60)108-64-55(46(93)39(86)25(11-73)104-64)113-62-48(95)53(35(82)16(2)99-62)111-59-30(66-18(4)77)42(89)37(84)23(9-71)102-59/h15-16,22-64,70-75,81-96H,8-14H2,1-7H3,(H,65,76)(H,66,77)(H,67,78)(H,68,79)(H,69,80)/t15-,16-,22+,23+,24+,25+,26+,27+,28+,29+,30+,31+,32+,33+,34+,35+,36-,37-,38-,39-,40-,41+,42+,43+,44+,45-,46-,47-,48-,49+,50+,51+,52+,53+,54+,55+,56?,57+,58+,59+,60-,61-,62-,63-,64-/m0/s1. The number of nitrogens with one attached hydrogen (secondary N) is 5. The molecule has 0 aromatic rings. The minimum atomic E-state index is -2.21. The lowest BCUT2D eigenvalue weighted by Crippen LogP contribution is -2.71. The Balaban J connectivity index is 0.914. The summed E-state index contributed by atoms with van der Waals surface area (Å²) in [5, 5.41) is 257. The zero-order chi connectivity index (χ0) is 83.4. The van der Waals surface area contributed by atoms with Gasteiger partial charge in [0.2, 0.25) is 29.5 Å². The molecule has 0 aromatic heterocycles. The Morgan fingerprint density at radius 1 is 0.248 bits per heavy atom. The number of rotatable bonds is 28. The minimum Gasteiger partial charge on any atom is -0.394 e. The molecule has 49 heteroatoms. The number of hydrogen-bond acceptors (Lipinski definition) is 44. The highest BCUT2D eigenvalue weighted by molar-refractivity contribution is 5.75. The lowest BCUT2D eigenvalue weighted by atomic mass is 9.93. The van der Waals surface area contributed by atoms with Gasteiger partial charge in [-0.2, -0.15) is 0 Å². The Morgan fingerprint density at radius 3 is 0.867 bits per heavy atom. The number of ether oxygens (including phenoxy) is 17. The van der Waals surface area contributed by atoms with Crippen molar-refractivity contribution >= 4 is 29.5 Å². The Hall–Kier alpha value is -4.21. The molecular weight excluding hydrogens is 1540 g/mol. The van der Waals surface area contributed by atoms with E-state index in [1.165, 1.54) is 13.8 Å². The summed E-state index contributed by atoms with van der Waals surface area (Å²) in [6.07, 6.45) is -77.1. The fourth-order valence-electron chi connectivity index (χ4n) is 14.7. The fourth-order valence-corrected chi connectivity index (χ4v) is 14.7. The maximum atomic E-state index is 13.1. The van der Waals surface area contributed by atoms with Gasteiger partial charge in [0.1, 0.15) is 207 Å². The Labute approximate surface area is 642 Å². The van der Waals surface area contributed by atoms with Crippen LogP contribution in [0.25, 0.3) is 0 Å². The van der Waals surface area contributed by atoms with E-state index >= 15 is 0 Å². The number of carbonyl (C=O) groups excluding carboxylic acids is 5. The summed E-state index contributed by atoms with van der Waals surface area (Å²) < 4.78 is 101. The molecular formula is C64H107N5O44. The number of aliphatic hydroxyl groups excluding tert-OH is 22. The highest BCUT2D eigenvalue weighted by Crippen LogP contribution is 2.40. The maximum Gasteiger partial charge on any atom is 0.217 e. The van der Waals surface area contributed by atoms with E-state index in [9.17, 15) is 136 Å². The molecule has 0 spiro atoms. The normalized spacial score (nSPS) is 48.5. The summed E-state index contributed by atoms with van der Waals surface area (Å²) >= 11 is 0. The molecule has 49 nitrogen and oxygen atoms in total. The summed E-state index contributed by atoms with van der Waals surface area (Å²) in [6, 6.07) is -8.75. The van der Waals surface area contributed by atoms with E-state index < -0.39 is 352 Å². The van der Waals surface area contributed by atoms with Crippen molar-refractivity contribution in [2.45, 2.75) is 325 Å². The van der Waals surface area contributed by atoms with Gasteiger partial charge in [0.25, 0.3) is 0 Å². The highest BCUT2D eigenvalue weighted by Gasteiger charge is 2.61. The van der Waals surface area contributed by atoms with Crippen molar-refractivity contribution in [2.24, 2.45) is 0 Å². The molecule has 0 aliphatic carbocycles. The summed E-state index contributed by atoms with van der Waals surface area (Å²) in [5.41, 5.74) is 0. The second kappa shape index (κ2) is 40.2. The van der Waals surface area contributed by atoms with Gasteiger partial charge in [-0.25, -0.2) is 0 Å². The van der Waals surface area contributed by atoms with Gasteiger partial charge in [-0.1, -0.05) is 0 Å². The number of hydrogen-bond donors (Lipinski definition) is 27. The molecule has 27 N–H and O–H groups in total. The van der Waals surface area contributed by atoms with E-state index in [1.807, 2.05) is 0 Å². The van der Waals surface area contributed by atoms with Gasteiger partial charge in [-0.05, 0) is 13.8 Å². The first-order chi connectivity index (χ1) is 53.3.